The Balaban J connectivity index is 2.04. The number of anilines is 1. The molecule has 2 rings (SSSR count). The standard InChI is InChI=1S/C19H25Cl2N3O3/c1-4-7-23(19(27)13-8-18(26)24(10-13)12(2)3)11-17(25)22-16-9-14(20)5-6-15(16)21/h5-6,9,12-13H,4,7-8,10-11H2,1-3H3,(H,22,25). The van der Waals surface area contributed by atoms with Crippen LogP contribution in [0, 0.1) is 5.92 Å². The lowest BCUT2D eigenvalue weighted by Gasteiger charge is -2.25. The summed E-state index contributed by atoms with van der Waals surface area (Å²) < 4.78 is 0. The Kier molecular flexibility index (Phi) is 7.50. The summed E-state index contributed by atoms with van der Waals surface area (Å²) in [5.74, 6) is -0.948. The number of nitrogens with zero attached hydrogens (tertiary/aromatic N) is 2. The molecular weight excluding hydrogens is 389 g/mol. The van der Waals surface area contributed by atoms with E-state index < -0.39 is 5.92 Å². The van der Waals surface area contributed by atoms with Crippen LogP contribution in [0.25, 0.3) is 0 Å². The molecule has 0 radical (unpaired) electrons. The summed E-state index contributed by atoms with van der Waals surface area (Å²) in [7, 11) is 0. The molecule has 0 bridgehead atoms. The van der Waals surface area contributed by atoms with Crippen molar-refractivity contribution in [2.24, 2.45) is 5.92 Å². The Morgan fingerprint density at radius 2 is 2.04 bits per heavy atom. The third kappa shape index (κ3) is 5.59. The van der Waals surface area contributed by atoms with Crippen LogP contribution in [-0.4, -0.2) is 53.2 Å². The van der Waals surface area contributed by atoms with Gasteiger partial charge in [0.1, 0.15) is 0 Å². The van der Waals surface area contributed by atoms with Crippen LogP contribution in [0.2, 0.25) is 10.0 Å². The molecule has 1 saturated heterocycles. The molecule has 1 unspecified atom stereocenters. The normalized spacial score (nSPS) is 16.7. The molecule has 0 saturated carbocycles. The van der Waals surface area contributed by atoms with E-state index in [1.54, 1.807) is 23.1 Å². The van der Waals surface area contributed by atoms with Gasteiger partial charge in [-0.2, -0.15) is 0 Å². The number of benzene rings is 1. The van der Waals surface area contributed by atoms with Gasteiger partial charge >= 0.3 is 0 Å². The van der Waals surface area contributed by atoms with Crippen molar-refractivity contribution in [2.45, 2.75) is 39.7 Å². The number of rotatable bonds is 7. The molecule has 1 aliphatic heterocycles. The van der Waals surface area contributed by atoms with E-state index in [1.165, 1.54) is 4.90 Å². The van der Waals surface area contributed by atoms with Gasteiger partial charge in [-0.05, 0) is 38.5 Å². The average Bonchev–Trinajstić information content (AvgIpc) is 2.99. The maximum atomic E-state index is 12.9. The van der Waals surface area contributed by atoms with Crippen LogP contribution in [0.1, 0.15) is 33.6 Å². The van der Waals surface area contributed by atoms with E-state index in [9.17, 15) is 14.4 Å². The van der Waals surface area contributed by atoms with Crippen molar-refractivity contribution in [2.75, 3.05) is 25.0 Å². The molecule has 1 heterocycles. The number of amides is 3. The predicted molar refractivity (Wildman–Crippen MR) is 107 cm³/mol. The van der Waals surface area contributed by atoms with E-state index in [-0.39, 0.29) is 36.7 Å². The first-order valence-electron chi connectivity index (χ1n) is 9.06. The zero-order valence-corrected chi connectivity index (χ0v) is 17.3. The first-order chi connectivity index (χ1) is 12.7. The maximum absolute atomic E-state index is 12.9. The SMILES string of the molecule is CCCN(CC(=O)Nc1cc(Cl)ccc1Cl)C(=O)C1CC(=O)N(C(C)C)C1. The smallest absolute Gasteiger partial charge is 0.244 e. The van der Waals surface area contributed by atoms with Crippen molar-refractivity contribution >= 4 is 46.6 Å². The van der Waals surface area contributed by atoms with Crippen molar-refractivity contribution in [3.05, 3.63) is 28.2 Å². The second-order valence-electron chi connectivity index (χ2n) is 6.97. The van der Waals surface area contributed by atoms with Gasteiger partial charge in [0.25, 0.3) is 0 Å². The molecule has 148 valence electrons. The highest BCUT2D eigenvalue weighted by molar-refractivity contribution is 6.35. The van der Waals surface area contributed by atoms with Gasteiger partial charge in [-0.25, -0.2) is 0 Å². The summed E-state index contributed by atoms with van der Waals surface area (Å²) in [6.45, 7) is 6.54. The minimum absolute atomic E-state index is 0.0186. The average molecular weight is 414 g/mol. The second kappa shape index (κ2) is 9.42. The fourth-order valence-electron chi connectivity index (χ4n) is 3.15. The number of nitrogens with one attached hydrogen (secondary N) is 1. The van der Waals surface area contributed by atoms with Crippen molar-refractivity contribution < 1.29 is 14.4 Å². The van der Waals surface area contributed by atoms with Crippen molar-refractivity contribution in [1.29, 1.82) is 0 Å². The Bertz CT molecular complexity index is 724. The number of likely N-dealkylation sites (tertiary alicyclic amines) is 1. The van der Waals surface area contributed by atoms with Crippen LogP contribution < -0.4 is 5.32 Å². The first-order valence-corrected chi connectivity index (χ1v) is 9.81. The van der Waals surface area contributed by atoms with Crippen LogP contribution in [-0.2, 0) is 14.4 Å². The van der Waals surface area contributed by atoms with Crippen molar-refractivity contribution in [3.63, 3.8) is 0 Å². The van der Waals surface area contributed by atoms with Crippen LogP contribution in [0.3, 0.4) is 0 Å². The predicted octanol–water partition coefficient (Wildman–Crippen LogP) is 3.43. The molecule has 1 aromatic carbocycles. The van der Waals surface area contributed by atoms with E-state index in [2.05, 4.69) is 5.32 Å². The van der Waals surface area contributed by atoms with Gasteiger partial charge in [0.15, 0.2) is 0 Å². The second-order valence-corrected chi connectivity index (χ2v) is 7.82. The van der Waals surface area contributed by atoms with E-state index in [0.29, 0.717) is 35.2 Å². The molecule has 3 amide bonds. The molecule has 1 N–H and O–H groups in total. The molecule has 1 aromatic rings. The minimum atomic E-state index is -0.408. The van der Waals surface area contributed by atoms with E-state index in [0.717, 1.165) is 0 Å². The molecule has 1 aliphatic rings. The first kappa shape index (κ1) is 21.5. The lowest BCUT2D eigenvalue weighted by molar-refractivity contribution is -0.138. The number of hydrogen-bond donors (Lipinski definition) is 1. The van der Waals surface area contributed by atoms with Gasteiger partial charge in [0.05, 0.1) is 23.2 Å². The lowest BCUT2D eigenvalue weighted by atomic mass is 10.1. The quantitative estimate of drug-likeness (QED) is 0.743. The number of carbonyl (C=O) groups is 3. The van der Waals surface area contributed by atoms with Gasteiger partial charge in [-0.3, -0.25) is 14.4 Å². The van der Waals surface area contributed by atoms with Crippen LogP contribution in [0.5, 0.6) is 0 Å². The van der Waals surface area contributed by atoms with E-state index in [4.69, 9.17) is 23.2 Å². The summed E-state index contributed by atoms with van der Waals surface area (Å²) in [6.07, 6.45) is 0.907. The van der Waals surface area contributed by atoms with Crippen LogP contribution >= 0.6 is 23.2 Å². The molecule has 27 heavy (non-hydrogen) atoms. The summed E-state index contributed by atoms with van der Waals surface area (Å²) in [6, 6.07) is 4.84. The summed E-state index contributed by atoms with van der Waals surface area (Å²) in [5.41, 5.74) is 0.403. The van der Waals surface area contributed by atoms with Crippen molar-refractivity contribution in [1.82, 2.24) is 9.80 Å². The number of halogens is 2. The van der Waals surface area contributed by atoms with Crippen LogP contribution in [0.4, 0.5) is 5.69 Å². The molecular formula is C19H25Cl2N3O3. The minimum Gasteiger partial charge on any atom is -0.339 e. The highest BCUT2D eigenvalue weighted by atomic mass is 35.5. The Morgan fingerprint density at radius 1 is 1.33 bits per heavy atom. The highest BCUT2D eigenvalue weighted by Crippen LogP contribution is 2.26. The highest BCUT2D eigenvalue weighted by Gasteiger charge is 2.37. The topological polar surface area (TPSA) is 69.7 Å². The van der Waals surface area contributed by atoms with Gasteiger partial charge in [0, 0.05) is 30.6 Å². The van der Waals surface area contributed by atoms with Gasteiger partial charge in [-0.15, -0.1) is 0 Å². The zero-order valence-electron chi connectivity index (χ0n) is 15.8. The Hall–Kier alpha value is -1.79. The van der Waals surface area contributed by atoms with Crippen LogP contribution in [0.15, 0.2) is 18.2 Å². The Morgan fingerprint density at radius 3 is 2.63 bits per heavy atom. The van der Waals surface area contributed by atoms with E-state index >= 15 is 0 Å². The molecule has 0 spiro atoms. The van der Waals surface area contributed by atoms with Crippen molar-refractivity contribution in [3.8, 4) is 0 Å². The summed E-state index contributed by atoms with van der Waals surface area (Å²) in [4.78, 5) is 40.6. The fraction of sp³-hybridized carbons (Fsp3) is 0.526. The number of hydrogen-bond acceptors (Lipinski definition) is 3. The molecule has 6 nitrogen and oxygen atoms in total. The molecule has 0 aromatic heterocycles. The van der Waals surface area contributed by atoms with Gasteiger partial charge in [-0.1, -0.05) is 30.1 Å². The number of carbonyl (C=O) groups excluding carboxylic acids is 3. The van der Waals surface area contributed by atoms with Gasteiger partial charge in [0.2, 0.25) is 17.7 Å². The Labute approximate surface area is 169 Å². The lowest BCUT2D eigenvalue weighted by Crippen LogP contribution is -2.42. The summed E-state index contributed by atoms with van der Waals surface area (Å²) in [5, 5.41) is 3.52. The molecule has 1 atom stereocenters. The molecule has 0 aliphatic carbocycles. The fourth-order valence-corrected chi connectivity index (χ4v) is 3.48. The van der Waals surface area contributed by atoms with Gasteiger partial charge < -0.3 is 15.1 Å². The summed E-state index contributed by atoms with van der Waals surface area (Å²) >= 11 is 12.0. The monoisotopic (exact) mass is 413 g/mol. The molecule has 1 fully saturated rings. The third-order valence-corrected chi connectivity index (χ3v) is 5.04. The largest absolute Gasteiger partial charge is 0.339 e. The van der Waals surface area contributed by atoms with E-state index in [1.807, 2.05) is 20.8 Å². The molecule has 8 heteroatoms. The zero-order chi connectivity index (χ0) is 20.1. The maximum Gasteiger partial charge on any atom is 0.244 e. The third-order valence-electron chi connectivity index (χ3n) is 4.47.